The molecule has 1 aliphatic rings. The second-order valence-corrected chi connectivity index (χ2v) is 6.71. The first-order valence-corrected chi connectivity index (χ1v) is 7.76. The van der Waals surface area contributed by atoms with Crippen molar-refractivity contribution in [2.75, 3.05) is 13.6 Å². The van der Waals surface area contributed by atoms with Crippen molar-refractivity contribution in [3.8, 4) is 11.1 Å². The van der Waals surface area contributed by atoms with Gasteiger partial charge in [-0.15, -0.1) is 0 Å². The molecule has 2 N–H and O–H groups in total. The van der Waals surface area contributed by atoms with Gasteiger partial charge in [0.2, 0.25) is 0 Å². The molecule has 0 fully saturated rings. The highest BCUT2D eigenvalue weighted by Crippen LogP contribution is 2.34. The van der Waals surface area contributed by atoms with Gasteiger partial charge in [-0.3, -0.25) is 0 Å². The van der Waals surface area contributed by atoms with Crippen molar-refractivity contribution in [1.29, 1.82) is 0 Å². The Balaban J connectivity index is 2.04. The van der Waals surface area contributed by atoms with Crippen LogP contribution in [0.3, 0.4) is 0 Å². The van der Waals surface area contributed by atoms with Gasteiger partial charge in [-0.1, -0.05) is 41.4 Å². The number of halogens is 2. The molecule has 22 heavy (non-hydrogen) atoms. The summed E-state index contributed by atoms with van der Waals surface area (Å²) in [7, 11) is 1.95. The zero-order valence-corrected chi connectivity index (χ0v) is 14.0. The Morgan fingerprint density at radius 1 is 1.09 bits per heavy atom. The standard InChI is InChI=1S/C17H17Cl2N3/c1-17(10-22(2)16(20)21-17)13-5-3-4-11(6-13)12-7-14(18)9-15(19)8-12/h3-9H,10H2,1-2H3,(H2,20,21). The molecule has 2 aromatic carbocycles. The molecule has 1 heterocycles. The average molecular weight is 334 g/mol. The Morgan fingerprint density at radius 3 is 2.36 bits per heavy atom. The van der Waals surface area contributed by atoms with Crippen LogP contribution in [0.1, 0.15) is 12.5 Å². The SMILES string of the molecule is CN1CC(C)(c2cccc(-c3cc(Cl)cc(Cl)c3)c2)N=C1N. The molecule has 0 saturated carbocycles. The van der Waals surface area contributed by atoms with Crippen LogP contribution in [0.5, 0.6) is 0 Å². The quantitative estimate of drug-likeness (QED) is 0.897. The fraction of sp³-hybridized carbons (Fsp3) is 0.235. The van der Waals surface area contributed by atoms with Gasteiger partial charge in [0.15, 0.2) is 5.96 Å². The lowest BCUT2D eigenvalue weighted by Crippen LogP contribution is -2.32. The van der Waals surface area contributed by atoms with Gasteiger partial charge in [0.25, 0.3) is 0 Å². The third kappa shape index (κ3) is 2.79. The van der Waals surface area contributed by atoms with Crippen molar-refractivity contribution in [1.82, 2.24) is 4.90 Å². The molecule has 2 aromatic rings. The average Bonchev–Trinajstić information content (AvgIpc) is 2.72. The molecular weight excluding hydrogens is 317 g/mol. The number of hydrogen-bond acceptors (Lipinski definition) is 3. The van der Waals surface area contributed by atoms with Gasteiger partial charge in [0.1, 0.15) is 5.54 Å². The first kappa shape index (κ1) is 15.2. The van der Waals surface area contributed by atoms with E-state index in [1.54, 1.807) is 6.07 Å². The van der Waals surface area contributed by atoms with Crippen molar-refractivity contribution in [2.24, 2.45) is 10.7 Å². The van der Waals surface area contributed by atoms with Crippen molar-refractivity contribution < 1.29 is 0 Å². The summed E-state index contributed by atoms with van der Waals surface area (Å²) in [5, 5.41) is 1.25. The van der Waals surface area contributed by atoms with Crippen LogP contribution >= 0.6 is 23.2 Å². The van der Waals surface area contributed by atoms with Gasteiger partial charge in [0, 0.05) is 23.6 Å². The highest BCUT2D eigenvalue weighted by Gasteiger charge is 2.34. The van der Waals surface area contributed by atoms with E-state index in [1.165, 1.54) is 0 Å². The number of nitrogens with two attached hydrogens (primary N) is 1. The van der Waals surface area contributed by atoms with Gasteiger partial charge in [0.05, 0.1) is 0 Å². The molecule has 0 amide bonds. The Hall–Kier alpha value is -1.71. The van der Waals surface area contributed by atoms with Crippen LogP contribution in [0, 0.1) is 0 Å². The molecule has 0 radical (unpaired) electrons. The number of aliphatic imine (C=N–C) groups is 1. The molecule has 0 aliphatic carbocycles. The summed E-state index contributed by atoms with van der Waals surface area (Å²) >= 11 is 12.2. The Labute approximate surface area is 140 Å². The van der Waals surface area contributed by atoms with Crippen LogP contribution in [-0.4, -0.2) is 24.5 Å². The maximum atomic E-state index is 6.10. The van der Waals surface area contributed by atoms with E-state index in [1.807, 2.05) is 36.2 Å². The van der Waals surface area contributed by atoms with Crippen LogP contribution in [-0.2, 0) is 5.54 Å². The van der Waals surface area contributed by atoms with E-state index in [0.717, 1.165) is 23.2 Å². The van der Waals surface area contributed by atoms with E-state index in [4.69, 9.17) is 28.9 Å². The second-order valence-electron chi connectivity index (χ2n) is 5.84. The first-order chi connectivity index (χ1) is 10.4. The summed E-state index contributed by atoms with van der Waals surface area (Å²) in [6, 6.07) is 13.8. The van der Waals surface area contributed by atoms with Gasteiger partial charge in [-0.2, -0.15) is 0 Å². The molecule has 0 spiro atoms. The normalized spacial score (nSPS) is 21.1. The molecular formula is C17H17Cl2N3. The topological polar surface area (TPSA) is 41.6 Å². The number of benzene rings is 2. The minimum absolute atomic E-state index is 0.336. The molecule has 114 valence electrons. The van der Waals surface area contributed by atoms with E-state index < -0.39 is 0 Å². The Bertz CT molecular complexity index is 737. The van der Waals surface area contributed by atoms with Crippen LogP contribution < -0.4 is 5.73 Å². The number of rotatable bonds is 2. The van der Waals surface area contributed by atoms with Crippen molar-refractivity contribution >= 4 is 29.2 Å². The second kappa shape index (κ2) is 5.49. The van der Waals surface area contributed by atoms with Gasteiger partial charge in [-0.25, -0.2) is 4.99 Å². The van der Waals surface area contributed by atoms with Crippen molar-refractivity contribution in [3.05, 3.63) is 58.1 Å². The van der Waals surface area contributed by atoms with E-state index in [0.29, 0.717) is 16.0 Å². The maximum Gasteiger partial charge on any atom is 0.192 e. The summed E-state index contributed by atoms with van der Waals surface area (Å²) < 4.78 is 0. The van der Waals surface area contributed by atoms with Crippen molar-refractivity contribution in [2.45, 2.75) is 12.5 Å². The summed E-state index contributed by atoms with van der Waals surface area (Å²) in [6.07, 6.45) is 0. The largest absolute Gasteiger partial charge is 0.370 e. The minimum Gasteiger partial charge on any atom is -0.370 e. The molecule has 0 aromatic heterocycles. The third-order valence-electron chi connectivity index (χ3n) is 3.98. The molecule has 0 saturated heterocycles. The zero-order valence-electron chi connectivity index (χ0n) is 12.5. The van der Waals surface area contributed by atoms with Crippen LogP contribution in [0.25, 0.3) is 11.1 Å². The Kier molecular flexibility index (Phi) is 3.79. The van der Waals surface area contributed by atoms with Crippen molar-refractivity contribution in [3.63, 3.8) is 0 Å². The lowest BCUT2D eigenvalue weighted by molar-refractivity contribution is 0.409. The number of nitrogens with zero attached hydrogens (tertiary/aromatic N) is 2. The van der Waals surface area contributed by atoms with Gasteiger partial charge in [-0.05, 0) is 47.9 Å². The predicted molar refractivity (Wildman–Crippen MR) is 93.5 cm³/mol. The number of guanidine groups is 1. The predicted octanol–water partition coefficient (Wildman–Crippen LogP) is 4.14. The minimum atomic E-state index is -0.336. The lowest BCUT2D eigenvalue weighted by atomic mass is 9.90. The molecule has 1 atom stereocenters. The Morgan fingerprint density at radius 2 is 1.77 bits per heavy atom. The van der Waals surface area contributed by atoms with Crippen LogP contribution in [0.15, 0.2) is 47.5 Å². The summed E-state index contributed by atoms with van der Waals surface area (Å²) in [5.74, 6) is 0.568. The molecule has 5 heteroatoms. The van der Waals surface area contributed by atoms with Crippen LogP contribution in [0.2, 0.25) is 10.0 Å². The van der Waals surface area contributed by atoms with E-state index in [-0.39, 0.29) is 5.54 Å². The van der Waals surface area contributed by atoms with Gasteiger partial charge < -0.3 is 10.6 Å². The molecule has 1 aliphatic heterocycles. The lowest BCUT2D eigenvalue weighted by Gasteiger charge is -2.23. The van der Waals surface area contributed by atoms with Gasteiger partial charge >= 0.3 is 0 Å². The summed E-state index contributed by atoms with van der Waals surface area (Å²) in [5.41, 5.74) is 8.76. The zero-order chi connectivity index (χ0) is 15.9. The highest BCUT2D eigenvalue weighted by atomic mass is 35.5. The molecule has 1 unspecified atom stereocenters. The van der Waals surface area contributed by atoms with E-state index in [9.17, 15) is 0 Å². The maximum absolute atomic E-state index is 6.10. The van der Waals surface area contributed by atoms with E-state index >= 15 is 0 Å². The smallest absolute Gasteiger partial charge is 0.192 e. The third-order valence-corrected chi connectivity index (χ3v) is 4.41. The fourth-order valence-corrected chi connectivity index (χ4v) is 3.35. The van der Waals surface area contributed by atoms with Crippen LogP contribution in [0.4, 0.5) is 0 Å². The number of likely N-dealkylation sites (N-methyl/N-ethyl adjacent to an activating group) is 1. The highest BCUT2D eigenvalue weighted by molar-refractivity contribution is 6.35. The molecule has 3 rings (SSSR count). The first-order valence-electron chi connectivity index (χ1n) is 7.01. The number of hydrogen-bond donors (Lipinski definition) is 1. The summed E-state index contributed by atoms with van der Waals surface area (Å²) in [4.78, 5) is 6.57. The fourth-order valence-electron chi connectivity index (χ4n) is 2.83. The molecule has 0 bridgehead atoms. The van der Waals surface area contributed by atoms with E-state index in [2.05, 4.69) is 24.0 Å². The monoisotopic (exact) mass is 333 g/mol. The molecule has 3 nitrogen and oxygen atoms in total. The summed E-state index contributed by atoms with van der Waals surface area (Å²) in [6.45, 7) is 2.85.